The summed E-state index contributed by atoms with van der Waals surface area (Å²) in [5, 5.41) is 15.0. The van der Waals surface area contributed by atoms with Crippen molar-refractivity contribution in [1.82, 2.24) is 19.7 Å². The Bertz CT molecular complexity index is 1000. The van der Waals surface area contributed by atoms with Crippen LogP contribution in [0.25, 0.3) is 10.6 Å². The molecule has 0 spiro atoms. The minimum atomic E-state index is 0.711. The predicted molar refractivity (Wildman–Crippen MR) is 114 cm³/mol. The Morgan fingerprint density at radius 2 is 1.96 bits per heavy atom. The van der Waals surface area contributed by atoms with Crippen LogP contribution >= 0.6 is 34.4 Å². The molecule has 0 radical (unpaired) electrons. The smallest absolute Gasteiger partial charge is 0.191 e. The molecular weight excluding hydrogens is 392 g/mol. The lowest BCUT2D eigenvalue weighted by Gasteiger charge is -2.06. The lowest BCUT2D eigenvalue weighted by atomic mass is 10.2. The SMILES string of the molecule is C=CCn1c(Cc2cccs2)nnc1SCc1csc(-c2ccccc2)n1. The van der Waals surface area contributed by atoms with Crippen molar-refractivity contribution in [2.45, 2.75) is 23.9 Å². The summed E-state index contributed by atoms with van der Waals surface area (Å²) in [6, 6.07) is 14.5. The Morgan fingerprint density at radius 3 is 2.74 bits per heavy atom. The first-order valence-corrected chi connectivity index (χ1v) is 11.3. The number of thioether (sulfide) groups is 1. The molecule has 136 valence electrons. The minimum absolute atomic E-state index is 0.711. The van der Waals surface area contributed by atoms with Gasteiger partial charge in [-0.05, 0) is 11.4 Å². The monoisotopic (exact) mass is 410 g/mol. The standard InChI is InChI=1S/C20H18N4S3/c1-2-10-24-18(12-17-9-6-11-25-17)22-23-20(24)27-14-16-13-26-19(21-16)15-7-4-3-5-8-15/h2-9,11,13H,1,10,12,14H2. The molecule has 0 amide bonds. The second-order valence-corrected chi connectivity index (χ2v) is 8.69. The van der Waals surface area contributed by atoms with Crippen molar-refractivity contribution >= 4 is 34.4 Å². The molecule has 0 atom stereocenters. The highest BCUT2D eigenvalue weighted by molar-refractivity contribution is 7.98. The molecule has 0 aliphatic rings. The van der Waals surface area contributed by atoms with Gasteiger partial charge in [0.25, 0.3) is 0 Å². The van der Waals surface area contributed by atoms with Crippen LogP contribution in [0.5, 0.6) is 0 Å². The lowest BCUT2D eigenvalue weighted by Crippen LogP contribution is -2.04. The Hall–Kier alpha value is -2.22. The molecular formula is C20H18N4S3. The van der Waals surface area contributed by atoms with Crippen molar-refractivity contribution in [3.05, 3.63) is 82.3 Å². The maximum atomic E-state index is 4.76. The average Bonchev–Trinajstić information content (AvgIpc) is 3.44. The van der Waals surface area contributed by atoms with Gasteiger partial charge in [0, 0.05) is 34.5 Å². The maximum Gasteiger partial charge on any atom is 0.191 e. The van der Waals surface area contributed by atoms with E-state index in [1.54, 1.807) is 34.4 Å². The van der Waals surface area contributed by atoms with Crippen LogP contribution in [-0.4, -0.2) is 19.7 Å². The fourth-order valence-electron chi connectivity index (χ4n) is 2.66. The van der Waals surface area contributed by atoms with Gasteiger partial charge in [0.15, 0.2) is 5.16 Å². The predicted octanol–water partition coefficient (Wildman–Crippen LogP) is 5.53. The lowest BCUT2D eigenvalue weighted by molar-refractivity contribution is 0.692. The molecule has 0 fully saturated rings. The normalized spacial score (nSPS) is 11.0. The van der Waals surface area contributed by atoms with E-state index in [0.717, 1.165) is 39.4 Å². The number of allylic oxidation sites excluding steroid dienone is 1. The van der Waals surface area contributed by atoms with Crippen LogP contribution in [0.2, 0.25) is 0 Å². The number of hydrogen-bond donors (Lipinski definition) is 0. The van der Waals surface area contributed by atoms with Crippen LogP contribution in [0.4, 0.5) is 0 Å². The molecule has 4 nitrogen and oxygen atoms in total. The Balaban J connectivity index is 1.47. The highest BCUT2D eigenvalue weighted by Crippen LogP contribution is 2.28. The van der Waals surface area contributed by atoms with Gasteiger partial charge in [0.2, 0.25) is 0 Å². The van der Waals surface area contributed by atoms with E-state index in [4.69, 9.17) is 4.98 Å². The number of rotatable bonds is 8. The first-order chi connectivity index (χ1) is 13.3. The molecule has 0 bridgehead atoms. The molecule has 0 aliphatic carbocycles. The van der Waals surface area contributed by atoms with Crippen molar-refractivity contribution in [2.24, 2.45) is 0 Å². The van der Waals surface area contributed by atoms with Crippen molar-refractivity contribution < 1.29 is 0 Å². The van der Waals surface area contributed by atoms with Gasteiger partial charge in [-0.3, -0.25) is 0 Å². The summed E-state index contributed by atoms with van der Waals surface area (Å²) in [6.45, 7) is 4.59. The molecule has 3 heterocycles. The van der Waals surface area contributed by atoms with Gasteiger partial charge < -0.3 is 4.57 Å². The van der Waals surface area contributed by atoms with E-state index in [1.165, 1.54) is 4.88 Å². The molecule has 0 unspecified atom stereocenters. The van der Waals surface area contributed by atoms with E-state index in [0.29, 0.717) is 6.54 Å². The number of thiazole rings is 1. The van der Waals surface area contributed by atoms with Gasteiger partial charge in [-0.15, -0.1) is 39.4 Å². The zero-order valence-corrected chi connectivity index (χ0v) is 17.1. The molecule has 0 N–H and O–H groups in total. The Morgan fingerprint density at radius 1 is 1.07 bits per heavy atom. The number of hydrogen-bond acceptors (Lipinski definition) is 6. The molecule has 4 aromatic rings. The molecule has 3 aromatic heterocycles. The van der Waals surface area contributed by atoms with Crippen molar-refractivity contribution in [1.29, 1.82) is 0 Å². The number of nitrogens with zero attached hydrogens (tertiary/aromatic N) is 4. The second-order valence-electron chi connectivity index (χ2n) is 5.85. The van der Waals surface area contributed by atoms with Crippen LogP contribution in [0.3, 0.4) is 0 Å². The number of thiophene rings is 1. The summed E-state index contributed by atoms with van der Waals surface area (Å²) >= 11 is 5.09. The first kappa shape index (κ1) is 18.2. The van der Waals surface area contributed by atoms with E-state index in [1.807, 2.05) is 24.3 Å². The summed E-state index contributed by atoms with van der Waals surface area (Å²) in [6.07, 6.45) is 2.69. The van der Waals surface area contributed by atoms with Gasteiger partial charge in [-0.25, -0.2) is 4.98 Å². The van der Waals surface area contributed by atoms with Crippen LogP contribution in [-0.2, 0) is 18.7 Å². The third-order valence-corrected chi connectivity index (χ3v) is 6.76. The zero-order chi connectivity index (χ0) is 18.5. The second kappa shape index (κ2) is 8.65. The third kappa shape index (κ3) is 4.37. The third-order valence-electron chi connectivity index (χ3n) is 3.94. The van der Waals surface area contributed by atoms with E-state index >= 15 is 0 Å². The van der Waals surface area contributed by atoms with E-state index < -0.39 is 0 Å². The van der Waals surface area contributed by atoms with Gasteiger partial charge in [0.1, 0.15) is 10.8 Å². The molecule has 4 rings (SSSR count). The summed E-state index contributed by atoms with van der Waals surface area (Å²) in [7, 11) is 0. The molecule has 0 saturated carbocycles. The first-order valence-electron chi connectivity index (χ1n) is 8.51. The van der Waals surface area contributed by atoms with E-state index in [-0.39, 0.29) is 0 Å². The molecule has 0 saturated heterocycles. The number of benzene rings is 1. The molecule has 1 aromatic carbocycles. The fourth-order valence-corrected chi connectivity index (χ4v) is 5.16. The minimum Gasteiger partial charge on any atom is -0.302 e. The Kier molecular flexibility index (Phi) is 5.81. The van der Waals surface area contributed by atoms with Gasteiger partial charge in [0.05, 0.1) is 5.69 Å². The van der Waals surface area contributed by atoms with E-state index in [9.17, 15) is 0 Å². The highest BCUT2D eigenvalue weighted by atomic mass is 32.2. The summed E-state index contributed by atoms with van der Waals surface area (Å²) < 4.78 is 2.14. The zero-order valence-electron chi connectivity index (χ0n) is 14.6. The van der Waals surface area contributed by atoms with Crippen LogP contribution < -0.4 is 0 Å². The molecule has 7 heteroatoms. The van der Waals surface area contributed by atoms with Gasteiger partial charge in [-0.2, -0.15) is 0 Å². The van der Waals surface area contributed by atoms with Crippen molar-refractivity contribution in [3.63, 3.8) is 0 Å². The maximum absolute atomic E-state index is 4.76. The highest BCUT2D eigenvalue weighted by Gasteiger charge is 2.14. The largest absolute Gasteiger partial charge is 0.302 e. The van der Waals surface area contributed by atoms with Crippen LogP contribution in [0.1, 0.15) is 16.4 Å². The average molecular weight is 411 g/mol. The topological polar surface area (TPSA) is 43.6 Å². The molecule has 27 heavy (non-hydrogen) atoms. The fraction of sp³-hybridized carbons (Fsp3) is 0.150. The molecule has 0 aliphatic heterocycles. The summed E-state index contributed by atoms with van der Waals surface area (Å²) in [4.78, 5) is 6.05. The van der Waals surface area contributed by atoms with Crippen molar-refractivity contribution in [3.8, 4) is 10.6 Å². The quantitative estimate of drug-likeness (QED) is 0.283. The van der Waals surface area contributed by atoms with Gasteiger partial charge >= 0.3 is 0 Å². The van der Waals surface area contributed by atoms with Gasteiger partial charge in [-0.1, -0.05) is 54.2 Å². The summed E-state index contributed by atoms with van der Waals surface area (Å²) in [5.74, 6) is 1.75. The van der Waals surface area contributed by atoms with Crippen LogP contribution in [0.15, 0.2) is 71.0 Å². The Labute approximate surface area is 170 Å². The van der Waals surface area contributed by atoms with E-state index in [2.05, 4.69) is 56.4 Å². The van der Waals surface area contributed by atoms with Crippen molar-refractivity contribution in [2.75, 3.05) is 0 Å². The summed E-state index contributed by atoms with van der Waals surface area (Å²) in [5.41, 5.74) is 2.23. The number of aromatic nitrogens is 4. The van der Waals surface area contributed by atoms with Crippen LogP contribution in [0, 0.1) is 0 Å².